The largest absolute Gasteiger partial charge is 0.495 e. The van der Waals surface area contributed by atoms with Crippen molar-refractivity contribution in [3.63, 3.8) is 0 Å². The molecule has 0 spiro atoms. The van der Waals surface area contributed by atoms with E-state index < -0.39 is 5.82 Å². The first kappa shape index (κ1) is 22.1. The maximum absolute atomic E-state index is 15.0. The lowest BCUT2D eigenvalue weighted by Gasteiger charge is -2.27. The third kappa shape index (κ3) is 4.27. The van der Waals surface area contributed by atoms with Crippen molar-refractivity contribution < 1.29 is 18.7 Å². The SMILES string of the molecule is COc1cc(Nc2ncc3ccn(-c4ccc(C(=O)N5CCOCC5)c(F)c4)c3n2)ccc1Cl. The average molecular weight is 482 g/mol. The molecule has 0 saturated carbocycles. The van der Waals surface area contributed by atoms with Gasteiger partial charge >= 0.3 is 0 Å². The molecule has 1 aliphatic heterocycles. The molecule has 0 unspecified atom stereocenters. The van der Waals surface area contributed by atoms with E-state index in [0.29, 0.717) is 60.0 Å². The summed E-state index contributed by atoms with van der Waals surface area (Å²) in [5.41, 5.74) is 1.88. The molecule has 0 radical (unpaired) electrons. The van der Waals surface area contributed by atoms with Crippen LogP contribution >= 0.6 is 11.6 Å². The van der Waals surface area contributed by atoms with E-state index in [1.807, 2.05) is 6.07 Å². The van der Waals surface area contributed by atoms with Gasteiger partial charge in [-0.3, -0.25) is 4.79 Å². The predicted octanol–water partition coefficient (Wildman–Crippen LogP) is 4.44. The number of nitrogens with one attached hydrogen (secondary N) is 1. The number of nitrogens with zero attached hydrogens (tertiary/aromatic N) is 4. The molecule has 0 bridgehead atoms. The quantitative estimate of drug-likeness (QED) is 0.454. The molecular weight excluding hydrogens is 461 g/mol. The van der Waals surface area contributed by atoms with Crippen LogP contribution in [0.4, 0.5) is 16.0 Å². The van der Waals surface area contributed by atoms with Gasteiger partial charge < -0.3 is 24.3 Å². The number of halogens is 2. The Labute approximate surface area is 199 Å². The Bertz CT molecular complexity index is 1370. The van der Waals surface area contributed by atoms with Gasteiger partial charge in [0, 0.05) is 48.3 Å². The van der Waals surface area contributed by atoms with Crippen molar-refractivity contribution in [1.82, 2.24) is 19.4 Å². The first-order valence-corrected chi connectivity index (χ1v) is 11.0. The van der Waals surface area contributed by atoms with E-state index in [0.717, 1.165) is 5.39 Å². The monoisotopic (exact) mass is 481 g/mol. The molecule has 1 fully saturated rings. The fourth-order valence-corrected chi connectivity index (χ4v) is 4.01. The smallest absolute Gasteiger partial charge is 0.256 e. The van der Waals surface area contributed by atoms with Gasteiger partial charge in [-0.25, -0.2) is 9.37 Å². The lowest BCUT2D eigenvalue weighted by atomic mass is 10.1. The van der Waals surface area contributed by atoms with E-state index in [1.54, 1.807) is 53.2 Å². The summed E-state index contributed by atoms with van der Waals surface area (Å²) >= 11 is 6.09. The highest BCUT2D eigenvalue weighted by molar-refractivity contribution is 6.32. The number of aromatic nitrogens is 3. The van der Waals surface area contributed by atoms with Gasteiger partial charge in [0.1, 0.15) is 17.2 Å². The van der Waals surface area contributed by atoms with Crippen LogP contribution in [0.2, 0.25) is 5.02 Å². The number of hydrogen-bond donors (Lipinski definition) is 1. The van der Waals surface area contributed by atoms with Gasteiger partial charge in [-0.05, 0) is 36.4 Å². The van der Waals surface area contributed by atoms with Crippen LogP contribution < -0.4 is 10.1 Å². The maximum Gasteiger partial charge on any atom is 0.256 e. The van der Waals surface area contributed by atoms with Crippen LogP contribution in [-0.2, 0) is 4.74 Å². The number of carbonyl (C=O) groups excluding carboxylic acids is 1. The third-order valence-electron chi connectivity index (χ3n) is 5.59. The van der Waals surface area contributed by atoms with Crippen molar-refractivity contribution >= 4 is 40.2 Å². The summed E-state index contributed by atoms with van der Waals surface area (Å²) in [7, 11) is 1.54. The van der Waals surface area contributed by atoms with Crippen molar-refractivity contribution in [2.24, 2.45) is 0 Å². The van der Waals surface area contributed by atoms with Gasteiger partial charge in [0.2, 0.25) is 5.95 Å². The number of morpholine rings is 1. The minimum Gasteiger partial charge on any atom is -0.495 e. The summed E-state index contributed by atoms with van der Waals surface area (Å²) in [5, 5.41) is 4.41. The average Bonchev–Trinajstić information content (AvgIpc) is 3.28. The predicted molar refractivity (Wildman–Crippen MR) is 127 cm³/mol. The summed E-state index contributed by atoms with van der Waals surface area (Å²) in [5.74, 6) is -0.0388. The van der Waals surface area contributed by atoms with Crippen LogP contribution in [0.15, 0.2) is 54.9 Å². The first-order chi connectivity index (χ1) is 16.5. The van der Waals surface area contributed by atoms with E-state index in [4.69, 9.17) is 21.1 Å². The van der Waals surface area contributed by atoms with E-state index in [9.17, 15) is 9.18 Å². The molecule has 10 heteroatoms. The number of ether oxygens (including phenoxy) is 2. The fraction of sp³-hybridized carbons (Fsp3) is 0.208. The second-order valence-electron chi connectivity index (χ2n) is 7.70. The van der Waals surface area contributed by atoms with Crippen LogP contribution in [0, 0.1) is 5.82 Å². The molecule has 5 rings (SSSR count). The lowest BCUT2D eigenvalue weighted by Crippen LogP contribution is -2.41. The molecule has 1 amide bonds. The minimum absolute atomic E-state index is 0.0378. The molecule has 0 atom stereocenters. The molecule has 0 aliphatic carbocycles. The Kier molecular flexibility index (Phi) is 6.04. The Morgan fingerprint density at radius 1 is 1.18 bits per heavy atom. The molecular formula is C24H21ClFN5O3. The zero-order valence-corrected chi connectivity index (χ0v) is 19.1. The molecule has 8 nitrogen and oxygen atoms in total. The van der Waals surface area contributed by atoms with Crippen LogP contribution in [0.3, 0.4) is 0 Å². The highest BCUT2D eigenvalue weighted by Gasteiger charge is 2.22. The van der Waals surface area contributed by atoms with E-state index in [1.165, 1.54) is 12.1 Å². The topological polar surface area (TPSA) is 81.5 Å². The molecule has 2 aromatic carbocycles. The van der Waals surface area contributed by atoms with Crippen molar-refractivity contribution in [3.05, 3.63) is 71.3 Å². The van der Waals surface area contributed by atoms with Crippen molar-refractivity contribution in [1.29, 1.82) is 0 Å². The summed E-state index contributed by atoms with van der Waals surface area (Å²) in [4.78, 5) is 23.2. The molecule has 1 N–H and O–H groups in total. The van der Waals surface area contributed by atoms with E-state index in [-0.39, 0.29) is 11.5 Å². The zero-order chi connectivity index (χ0) is 23.7. The number of methoxy groups -OCH3 is 1. The molecule has 1 aliphatic rings. The maximum atomic E-state index is 15.0. The summed E-state index contributed by atoms with van der Waals surface area (Å²) in [6.07, 6.45) is 3.47. The number of fused-ring (bicyclic) bond motifs is 1. The summed E-state index contributed by atoms with van der Waals surface area (Å²) < 4.78 is 27.2. The lowest BCUT2D eigenvalue weighted by molar-refractivity contribution is 0.0300. The molecule has 174 valence electrons. The highest BCUT2D eigenvalue weighted by Crippen LogP contribution is 2.29. The number of rotatable bonds is 5. The summed E-state index contributed by atoms with van der Waals surface area (Å²) in [6, 6.07) is 11.6. The van der Waals surface area contributed by atoms with Crippen molar-refractivity contribution in [2.75, 3.05) is 38.7 Å². The van der Waals surface area contributed by atoms with Crippen molar-refractivity contribution in [3.8, 4) is 11.4 Å². The van der Waals surface area contributed by atoms with Gasteiger partial charge in [-0.2, -0.15) is 4.98 Å². The Balaban J connectivity index is 1.44. The molecule has 3 heterocycles. The molecule has 2 aromatic heterocycles. The Hall–Kier alpha value is -3.69. The van der Waals surface area contributed by atoms with Crippen LogP contribution in [0.25, 0.3) is 16.7 Å². The number of amides is 1. The molecule has 4 aromatic rings. The van der Waals surface area contributed by atoms with Gasteiger partial charge in [0.25, 0.3) is 5.91 Å². The molecule has 34 heavy (non-hydrogen) atoms. The first-order valence-electron chi connectivity index (χ1n) is 10.6. The van der Waals surface area contributed by atoms with Crippen molar-refractivity contribution in [2.45, 2.75) is 0 Å². The fourth-order valence-electron chi connectivity index (χ4n) is 3.82. The zero-order valence-electron chi connectivity index (χ0n) is 18.3. The van der Waals surface area contributed by atoms with Gasteiger partial charge in [0.05, 0.1) is 30.9 Å². The van der Waals surface area contributed by atoms with E-state index in [2.05, 4.69) is 15.3 Å². The van der Waals surface area contributed by atoms with Gasteiger partial charge in [0.15, 0.2) is 0 Å². The van der Waals surface area contributed by atoms with Crippen LogP contribution in [0.1, 0.15) is 10.4 Å². The number of anilines is 2. The Morgan fingerprint density at radius 3 is 2.76 bits per heavy atom. The Morgan fingerprint density at radius 2 is 2.00 bits per heavy atom. The standard InChI is InChI=1S/C24H21ClFN5O3/c1-33-21-12-16(2-5-19(21)25)28-24-27-14-15-6-7-31(22(15)29-24)17-3-4-18(20(26)13-17)23(32)30-8-10-34-11-9-30/h2-7,12-14H,8-11H2,1H3,(H,27,28,29). The van der Waals surface area contributed by atoms with Gasteiger partial charge in [-0.15, -0.1) is 0 Å². The van der Waals surface area contributed by atoms with Gasteiger partial charge in [-0.1, -0.05) is 11.6 Å². The third-order valence-corrected chi connectivity index (χ3v) is 5.91. The van der Waals surface area contributed by atoms with Crippen LogP contribution in [-0.4, -0.2) is 58.8 Å². The second kappa shape index (κ2) is 9.28. The highest BCUT2D eigenvalue weighted by atomic mass is 35.5. The minimum atomic E-state index is -0.587. The van der Waals surface area contributed by atoms with E-state index >= 15 is 0 Å². The number of carbonyl (C=O) groups is 1. The normalized spacial score (nSPS) is 13.8. The van der Waals surface area contributed by atoms with Crippen LogP contribution in [0.5, 0.6) is 5.75 Å². The second-order valence-corrected chi connectivity index (χ2v) is 8.11. The number of hydrogen-bond acceptors (Lipinski definition) is 6. The molecule has 1 saturated heterocycles. The number of benzene rings is 2. The summed E-state index contributed by atoms with van der Waals surface area (Å²) in [6.45, 7) is 1.82.